The molecular weight excluding hydrogens is 316 g/mol. The van der Waals surface area contributed by atoms with Gasteiger partial charge in [0.15, 0.2) is 0 Å². The lowest BCUT2D eigenvalue weighted by Gasteiger charge is -2.00. The van der Waals surface area contributed by atoms with E-state index in [4.69, 9.17) is 5.11 Å². The van der Waals surface area contributed by atoms with Gasteiger partial charge in [-0.25, -0.2) is 0 Å². The molecule has 0 aromatic carbocycles. The molecule has 3 rings (SSSR count). The second-order valence-electron chi connectivity index (χ2n) is 4.29. The minimum atomic E-state index is -0.830. The number of aryl methyl sites for hydroxylation is 1. The highest BCUT2D eigenvalue weighted by Crippen LogP contribution is 2.37. The summed E-state index contributed by atoms with van der Waals surface area (Å²) in [5.41, 5.74) is 2.90. The molecule has 0 fully saturated rings. The van der Waals surface area contributed by atoms with Gasteiger partial charge in [-0.05, 0) is 34.8 Å². The van der Waals surface area contributed by atoms with Gasteiger partial charge in [-0.1, -0.05) is 0 Å². The highest BCUT2D eigenvalue weighted by molar-refractivity contribution is 9.10. The normalized spacial score (nSPS) is 13.8. The molecule has 0 saturated carbocycles. The summed E-state index contributed by atoms with van der Waals surface area (Å²) in [4.78, 5) is 12.0. The molecule has 94 valence electrons. The van der Waals surface area contributed by atoms with Crippen molar-refractivity contribution >= 4 is 33.2 Å². The van der Waals surface area contributed by atoms with Gasteiger partial charge in [0.1, 0.15) is 0 Å². The van der Waals surface area contributed by atoms with Crippen LogP contribution < -0.4 is 0 Å². The van der Waals surface area contributed by atoms with Crippen molar-refractivity contribution in [2.24, 2.45) is 0 Å². The summed E-state index contributed by atoms with van der Waals surface area (Å²) in [6.07, 6.45) is 2.07. The molecule has 0 radical (unpaired) electrons. The molecule has 1 aliphatic heterocycles. The molecule has 4 nitrogen and oxygen atoms in total. The van der Waals surface area contributed by atoms with Crippen LogP contribution in [0.3, 0.4) is 0 Å². The highest BCUT2D eigenvalue weighted by atomic mass is 79.9. The second-order valence-corrected chi connectivity index (χ2v) is 6.12. The number of halogens is 1. The van der Waals surface area contributed by atoms with Crippen LogP contribution in [-0.2, 0) is 24.2 Å². The summed E-state index contributed by atoms with van der Waals surface area (Å²) in [6, 6.07) is 2.03. The Morgan fingerprint density at radius 1 is 1.61 bits per heavy atom. The number of rotatable bonds is 3. The number of hydrogen-bond donors (Lipinski definition) is 1. The zero-order valence-corrected chi connectivity index (χ0v) is 11.9. The van der Waals surface area contributed by atoms with E-state index < -0.39 is 5.97 Å². The number of carboxylic acids is 1. The summed E-state index contributed by atoms with van der Waals surface area (Å²) in [6.45, 7) is 0.897. The largest absolute Gasteiger partial charge is 0.481 e. The molecule has 0 spiro atoms. The quantitative estimate of drug-likeness (QED) is 0.943. The van der Waals surface area contributed by atoms with Gasteiger partial charge < -0.3 is 5.11 Å². The molecule has 3 heterocycles. The first-order valence-electron chi connectivity index (χ1n) is 5.70. The van der Waals surface area contributed by atoms with Crippen molar-refractivity contribution in [1.82, 2.24) is 9.78 Å². The molecular formula is C12H11BrN2O2S. The number of aliphatic carboxylic acids is 1. The molecule has 0 bridgehead atoms. The summed E-state index contributed by atoms with van der Waals surface area (Å²) in [5.74, 6) is -0.830. The van der Waals surface area contributed by atoms with E-state index in [1.54, 1.807) is 11.3 Å². The minimum Gasteiger partial charge on any atom is -0.481 e. The van der Waals surface area contributed by atoms with Gasteiger partial charge in [0.25, 0.3) is 0 Å². The molecule has 0 saturated heterocycles. The standard InChI is InChI=1S/C12H11BrN2O2S/c13-7-4-10(18-6-7)12-8(5-11(16)17)14-15-3-1-2-9(12)15/h4,6H,1-3,5H2,(H,16,17). The van der Waals surface area contributed by atoms with Crippen LogP contribution in [0.15, 0.2) is 15.9 Å². The Bertz CT molecular complexity index is 618. The van der Waals surface area contributed by atoms with Gasteiger partial charge in [0, 0.05) is 32.5 Å². The summed E-state index contributed by atoms with van der Waals surface area (Å²) in [5, 5.41) is 15.4. The number of thiophene rings is 1. The first-order valence-corrected chi connectivity index (χ1v) is 7.37. The van der Waals surface area contributed by atoms with Gasteiger partial charge >= 0.3 is 5.97 Å². The summed E-state index contributed by atoms with van der Waals surface area (Å²) < 4.78 is 2.99. The van der Waals surface area contributed by atoms with E-state index in [1.807, 2.05) is 16.1 Å². The third-order valence-corrected chi connectivity index (χ3v) is 4.75. The van der Waals surface area contributed by atoms with E-state index >= 15 is 0 Å². The van der Waals surface area contributed by atoms with Crippen LogP contribution >= 0.6 is 27.3 Å². The number of aromatic nitrogens is 2. The van der Waals surface area contributed by atoms with Crippen molar-refractivity contribution in [2.45, 2.75) is 25.8 Å². The van der Waals surface area contributed by atoms with E-state index in [0.29, 0.717) is 5.69 Å². The predicted octanol–water partition coefficient (Wildman–Crippen LogP) is 2.95. The zero-order valence-electron chi connectivity index (χ0n) is 9.52. The molecule has 18 heavy (non-hydrogen) atoms. The van der Waals surface area contributed by atoms with Gasteiger partial charge in [-0.2, -0.15) is 5.10 Å². The van der Waals surface area contributed by atoms with Crippen LogP contribution in [0.2, 0.25) is 0 Å². The summed E-state index contributed by atoms with van der Waals surface area (Å²) in [7, 11) is 0. The molecule has 2 aromatic heterocycles. The number of fused-ring (bicyclic) bond motifs is 1. The van der Waals surface area contributed by atoms with Crippen molar-refractivity contribution in [3.8, 4) is 10.4 Å². The number of carbonyl (C=O) groups is 1. The van der Waals surface area contributed by atoms with Crippen molar-refractivity contribution in [1.29, 1.82) is 0 Å². The molecule has 0 amide bonds. The van der Waals surface area contributed by atoms with Gasteiger partial charge in [-0.3, -0.25) is 9.48 Å². The van der Waals surface area contributed by atoms with E-state index in [2.05, 4.69) is 21.0 Å². The lowest BCUT2D eigenvalue weighted by molar-refractivity contribution is -0.136. The Kier molecular flexibility index (Phi) is 2.99. The maximum absolute atomic E-state index is 10.9. The van der Waals surface area contributed by atoms with E-state index in [9.17, 15) is 4.79 Å². The lowest BCUT2D eigenvalue weighted by atomic mass is 10.1. The van der Waals surface area contributed by atoms with Gasteiger partial charge in [-0.15, -0.1) is 11.3 Å². The van der Waals surface area contributed by atoms with Crippen molar-refractivity contribution in [2.75, 3.05) is 0 Å². The molecule has 2 aromatic rings. The number of carboxylic acid groups (broad SMARTS) is 1. The molecule has 6 heteroatoms. The highest BCUT2D eigenvalue weighted by Gasteiger charge is 2.24. The van der Waals surface area contributed by atoms with Crippen LogP contribution in [0, 0.1) is 0 Å². The lowest BCUT2D eigenvalue weighted by Crippen LogP contribution is -2.03. The van der Waals surface area contributed by atoms with E-state index in [0.717, 1.165) is 34.3 Å². The molecule has 0 unspecified atom stereocenters. The van der Waals surface area contributed by atoms with Crippen molar-refractivity contribution < 1.29 is 9.90 Å². The maximum Gasteiger partial charge on any atom is 0.309 e. The van der Waals surface area contributed by atoms with E-state index in [-0.39, 0.29) is 6.42 Å². The monoisotopic (exact) mass is 326 g/mol. The van der Waals surface area contributed by atoms with Crippen LogP contribution in [0.1, 0.15) is 17.8 Å². The minimum absolute atomic E-state index is 0.00908. The van der Waals surface area contributed by atoms with Crippen LogP contribution in [-0.4, -0.2) is 20.9 Å². The second kappa shape index (κ2) is 4.51. The predicted molar refractivity (Wildman–Crippen MR) is 72.9 cm³/mol. The van der Waals surface area contributed by atoms with Crippen LogP contribution in [0.5, 0.6) is 0 Å². The Hall–Kier alpha value is -1.14. The van der Waals surface area contributed by atoms with E-state index in [1.165, 1.54) is 5.69 Å². The first kappa shape index (κ1) is 11.9. The summed E-state index contributed by atoms with van der Waals surface area (Å²) >= 11 is 5.06. The number of hydrogen-bond acceptors (Lipinski definition) is 3. The topological polar surface area (TPSA) is 55.1 Å². The average Bonchev–Trinajstić information content (AvgIpc) is 2.92. The van der Waals surface area contributed by atoms with Gasteiger partial charge in [0.05, 0.1) is 12.1 Å². The smallest absolute Gasteiger partial charge is 0.309 e. The third kappa shape index (κ3) is 1.99. The maximum atomic E-state index is 10.9. The number of nitrogens with zero attached hydrogens (tertiary/aromatic N) is 2. The Labute approximate surface area is 116 Å². The fraction of sp³-hybridized carbons (Fsp3) is 0.333. The average molecular weight is 327 g/mol. The Balaban J connectivity index is 2.13. The fourth-order valence-corrected chi connectivity index (χ4v) is 3.90. The Morgan fingerprint density at radius 2 is 2.44 bits per heavy atom. The molecule has 0 atom stereocenters. The van der Waals surface area contributed by atoms with Crippen molar-refractivity contribution in [3.63, 3.8) is 0 Å². The zero-order chi connectivity index (χ0) is 12.7. The third-order valence-electron chi connectivity index (χ3n) is 3.05. The SMILES string of the molecule is O=C(O)Cc1nn2c(c1-c1cc(Br)cs1)CCC2. The Morgan fingerprint density at radius 3 is 3.11 bits per heavy atom. The molecule has 1 aliphatic rings. The first-order chi connectivity index (χ1) is 8.65. The van der Waals surface area contributed by atoms with Crippen LogP contribution in [0.4, 0.5) is 0 Å². The van der Waals surface area contributed by atoms with Crippen LogP contribution in [0.25, 0.3) is 10.4 Å². The molecule has 0 aliphatic carbocycles. The fourth-order valence-electron chi connectivity index (χ4n) is 2.38. The van der Waals surface area contributed by atoms with Gasteiger partial charge in [0.2, 0.25) is 0 Å². The van der Waals surface area contributed by atoms with Crippen molar-refractivity contribution in [3.05, 3.63) is 27.3 Å². The molecule has 1 N–H and O–H groups in total.